The summed E-state index contributed by atoms with van der Waals surface area (Å²) >= 11 is 0. The van der Waals surface area contributed by atoms with E-state index in [4.69, 9.17) is 11.1 Å². The summed E-state index contributed by atoms with van der Waals surface area (Å²) in [5.74, 6) is -1.73. The molecule has 0 amide bonds. The third-order valence-corrected chi connectivity index (χ3v) is 4.96. The molecule has 2 aromatic rings. The van der Waals surface area contributed by atoms with Crippen LogP contribution in [-0.2, 0) is 0 Å². The van der Waals surface area contributed by atoms with Crippen molar-refractivity contribution in [1.82, 2.24) is 14.9 Å². The van der Waals surface area contributed by atoms with E-state index in [2.05, 4.69) is 9.97 Å². The number of nitrogen functional groups attached to an aromatic ring is 1. The SMILES string of the molecule is N=C(c1c(N)cc(F)cc1F)N1CCN(c2ncc(F)cn2)CC12CC2. The molecule has 1 saturated carbocycles. The van der Waals surface area contributed by atoms with Gasteiger partial charge in [0.1, 0.15) is 17.5 Å². The molecular formula is C17H17F3N6. The van der Waals surface area contributed by atoms with E-state index in [-0.39, 0.29) is 22.6 Å². The zero-order valence-electron chi connectivity index (χ0n) is 13.8. The van der Waals surface area contributed by atoms with Crippen molar-refractivity contribution >= 4 is 17.5 Å². The number of hydrogen-bond acceptors (Lipinski definition) is 5. The molecule has 9 heteroatoms. The highest BCUT2D eigenvalue weighted by Gasteiger charge is 2.53. The number of aromatic nitrogens is 2. The minimum absolute atomic E-state index is 0.0443. The molecule has 3 N–H and O–H groups in total. The summed E-state index contributed by atoms with van der Waals surface area (Å²) in [6, 6.07) is 1.76. The first kappa shape index (κ1) is 16.6. The molecule has 136 valence electrons. The van der Waals surface area contributed by atoms with Crippen LogP contribution in [0.4, 0.5) is 24.8 Å². The summed E-state index contributed by atoms with van der Waals surface area (Å²) in [4.78, 5) is 11.8. The van der Waals surface area contributed by atoms with Crippen LogP contribution in [-0.4, -0.2) is 45.9 Å². The summed E-state index contributed by atoms with van der Waals surface area (Å²) in [5.41, 5.74) is 5.26. The van der Waals surface area contributed by atoms with Gasteiger partial charge in [-0.05, 0) is 18.9 Å². The fourth-order valence-corrected chi connectivity index (χ4v) is 3.52. The number of halogens is 3. The van der Waals surface area contributed by atoms with E-state index in [1.165, 1.54) is 0 Å². The predicted octanol–water partition coefficient (Wildman–Crippen LogP) is 2.16. The lowest BCUT2D eigenvalue weighted by molar-refractivity contribution is 0.257. The van der Waals surface area contributed by atoms with Crippen LogP contribution in [0.15, 0.2) is 24.5 Å². The smallest absolute Gasteiger partial charge is 0.225 e. The number of anilines is 2. The molecule has 1 saturated heterocycles. The molecule has 1 aliphatic heterocycles. The minimum atomic E-state index is -0.840. The van der Waals surface area contributed by atoms with Gasteiger partial charge in [0, 0.05) is 31.4 Å². The summed E-state index contributed by atoms with van der Waals surface area (Å²) in [6.07, 6.45) is 3.89. The van der Waals surface area contributed by atoms with Gasteiger partial charge >= 0.3 is 0 Å². The van der Waals surface area contributed by atoms with E-state index in [0.29, 0.717) is 25.6 Å². The predicted molar refractivity (Wildman–Crippen MR) is 90.5 cm³/mol. The maximum absolute atomic E-state index is 14.2. The second kappa shape index (κ2) is 5.86. The van der Waals surface area contributed by atoms with Gasteiger partial charge in [0.15, 0.2) is 5.82 Å². The molecule has 6 nitrogen and oxygen atoms in total. The average molecular weight is 362 g/mol. The van der Waals surface area contributed by atoms with Crippen LogP contribution in [0.25, 0.3) is 0 Å². The van der Waals surface area contributed by atoms with Crippen LogP contribution in [0.2, 0.25) is 0 Å². The van der Waals surface area contributed by atoms with Gasteiger partial charge in [-0.2, -0.15) is 0 Å². The fraction of sp³-hybridized carbons (Fsp3) is 0.353. The summed E-state index contributed by atoms with van der Waals surface area (Å²) in [7, 11) is 0. The highest BCUT2D eigenvalue weighted by atomic mass is 19.1. The van der Waals surface area contributed by atoms with Crippen molar-refractivity contribution in [2.24, 2.45) is 0 Å². The normalized spacial score (nSPS) is 18.3. The highest BCUT2D eigenvalue weighted by Crippen LogP contribution is 2.45. The van der Waals surface area contributed by atoms with Crippen molar-refractivity contribution in [3.63, 3.8) is 0 Å². The second-order valence-electron chi connectivity index (χ2n) is 6.70. The fourth-order valence-electron chi connectivity index (χ4n) is 3.52. The second-order valence-corrected chi connectivity index (χ2v) is 6.70. The van der Waals surface area contributed by atoms with Gasteiger partial charge in [-0.3, -0.25) is 5.41 Å². The van der Waals surface area contributed by atoms with Crippen molar-refractivity contribution in [1.29, 1.82) is 5.41 Å². The highest BCUT2D eigenvalue weighted by molar-refractivity contribution is 6.02. The Labute approximate surface area is 148 Å². The minimum Gasteiger partial charge on any atom is -0.398 e. The van der Waals surface area contributed by atoms with Crippen molar-refractivity contribution in [3.05, 3.63) is 47.5 Å². The zero-order valence-corrected chi connectivity index (χ0v) is 13.8. The molecule has 1 aromatic carbocycles. The molecule has 4 rings (SSSR count). The molecule has 0 radical (unpaired) electrons. The van der Waals surface area contributed by atoms with Crippen LogP contribution in [0.5, 0.6) is 0 Å². The van der Waals surface area contributed by atoms with E-state index in [1.807, 2.05) is 9.80 Å². The van der Waals surface area contributed by atoms with E-state index in [0.717, 1.165) is 37.4 Å². The summed E-state index contributed by atoms with van der Waals surface area (Å²) < 4.78 is 40.5. The zero-order chi connectivity index (χ0) is 18.5. The largest absolute Gasteiger partial charge is 0.398 e. The maximum atomic E-state index is 14.2. The van der Waals surface area contributed by atoms with Gasteiger partial charge in [0.2, 0.25) is 5.95 Å². The summed E-state index contributed by atoms with van der Waals surface area (Å²) in [5, 5.41) is 8.45. The number of benzene rings is 1. The van der Waals surface area contributed by atoms with Crippen molar-refractivity contribution in [3.8, 4) is 0 Å². The van der Waals surface area contributed by atoms with E-state index in [9.17, 15) is 13.2 Å². The summed E-state index contributed by atoms with van der Waals surface area (Å²) in [6.45, 7) is 1.48. The lowest BCUT2D eigenvalue weighted by atomic mass is 10.1. The number of nitrogens with one attached hydrogen (secondary N) is 1. The monoisotopic (exact) mass is 362 g/mol. The van der Waals surface area contributed by atoms with Gasteiger partial charge in [0.05, 0.1) is 23.5 Å². The van der Waals surface area contributed by atoms with Crippen molar-refractivity contribution in [2.45, 2.75) is 18.4 Å². The molecule has 26 heavy (non-hydrogen) atoms. The number of rotatable bonds is 2. The van der Waals surface area contributed by atoms with Crippen molar-refractivity contribution < 1.29 is 13.2 Å². The molecule has 0 atom stereocenters. The molecule has 0 bridgehead atoms. The van der Waals surface area contributed by atoms with E-state index >= 15 is 0 Å². The Morgan fingerprint density at radius 2 is 1.77 bits per heavy atom. The Bertz CT molecular complexity index is 842. The molecule has 1 aromatic heterocycles. The lowest BCUT2D eigenvalue weighted by Crippen LogP contribution is -2.57. The van der Waals surface area contributed by atoms with E-state index in [1.54, 1.807) is 0 Å². The lowest BCUT2D eigenvalue weighted by Gasteiger charge is -2.43. The van der Waals surface area contributed by atoms with Gasteiger partial charge in [-0.15, -0.1) is 0 Å². The van der Waals surface area contributed by atoms with Gasteiger partial charge < -0.3 is 15.5 Å². The third-order valence-electron chi connectivity index (χ3n) is 4.96. The Hall–Kier alpha value is -2.84. The average Bonchev–Trinajstić information content (AvgIpc) is 3.34. The maximum Gasteiger partial charge on any atom is 0.225 e. The third kappa shape index (κ3) is 2.73. The van der Waals surface area contributed by atoms with Crippen LogP contribution in [0.3, 0.4) is 0 Å². The molecule has 0 unspecified atom stereocenters. The topological polar surface area (TPSA) is 82.1 Å². The van der Waals surface area contributed by atoms with Crippen LogP contribution >= 0.6 is 0 Å². The quantitative estimate of drug-likeness (QED) is 0.486. The number of hydrogen-bond donors (Lipinski definition) is 2. The number of nitrogens with two attached hydrogens (primary N) is 1. The standard InChI is InChI=1S/C17H17F3N6/c18-10-5-12(20)14(13(21)6-10)15(22)26-4-3-25(9-17(26)1-2-17)16-23-7-11(19)8-24-16/h5-8,22H,1-4,9,21H2. The molecule has 2 fully saturated rings. The van der Waals surface area contributed by atoms with Crippen LogP contribution in [0, 0.1) is 22.9 Å². The Balaban J connectivity index is 1.58. The van der Waals surface area contributed by atoms with Crippen LogP contribution in [0.1, 0.15) is 18.4 Å². The Morgan fingerprint density at radius 1 is 1.08 bits per heavy atom. The first-order valence-corrected chi connectivity index (χ1v) is 8.23. The van der Waals surface area contributed by atoms with Crippen molar-refractivity contribution in [2.75, 3.05) is 30.3 Å². The van der Waals surface area contributed by atoms with E-state index < -0.39 is 17.5 Å². The molecular weight excluding hydrogens is 345 g/mol. The number of nitrogens with zero attached hydrogens (tertiary/aromatic N) is 4. The number of amidine groups is 1. The Morgan fingerprint density at radius 3 is 2.38 bits per heavy atom. The number of piperazine rings is 1. The Kier molecular flexibility index (Phi) is 3.74. The molecule has 1 aliphatic carbocycles. The molecule has 2 heterocycles. The first-order chi connectivity index (χ1) is 12.4. The van der Waals surface area contributed by atoms with Crippen LogP contribution < -0.4 is 10.6 Å². The molecule has 2 aliphatic rings. The van der Waals surface area contributed by atoms with Gasteiger partial charge in [0.25, 0.3) is 0 Å². The van der Waals surface area contributed by atoms with Gasteiger partial charge in [-0.1, -0.05) is 0 Å². The molecule has 1 spiro atoms. The first-order valence-electron chi connectivity index (χ1n) is 8.23. The van der Waals surface area contributed by atoms with Gasteiger partial charge in [-0.25, -0.2) is 23.1 Å².